The molecule has 4 aromatic rings. The van der Waals surface area contributed by atoms with E-state index in [9.17, 15) is 20.4 Å². The van der Waals surface area contributed by atoms with Gasteiger partial charge in [0.05, 0.1) is 32.3 Å². The van der Waals surface area contributed by atoms with Gasteiger partial charge in [0.1, 0.15) is 23.0 Å². The first-order valence-corrected chi connectivity index (χ1v) is 39.8. The Hall–Kier alpha value is -3.31. The van der Waals surface area contributed by atoms with Crippen molar-refractivity contribution in [2.24, 2.45) is 0 Å². The van der Waals surface area contributed by atoms with E-state index in [1.165, 1.54) is 0 Å². The summed E-state index contributed by atoms with van der Waals surface area (Å²) in [6, 6.07) is 17.8. The van der Waals surface area contributed by atoms with E-state index in [4.69, 9.17) is 0 Å². The Morgan fingerprint density at radius 1 is 0.257 bits per heavy atom. The molecule has 0 bridgehead atoms. The molecule has 0 radical (unpaired) electrons. The summed E-state index contributed by atoms with van der Waals surface area (Å²) < 4.78 is 0. The number of phenols is 4. The molecule has 0 unspecified atom stereocenters. The molecule has 0 heterocycles. The molecule has 74 heavy (non-hydrogen) atoms. The monoisotopic (exact) mass is 1080 g/mol. The second-order valence-corrected chi connectivity index (χ2v) is 54.1. The van der Waals surface area contributed by atoms with Crippen LogP contribution in [-0.4, -0.2) is 52.7 Å². The fraction of sp³-hybridized carbons (Fsp3) is 0.606. The Labute approximate surface area is 458 Å². The van der Waals surface area contributed by atoms with Gasteiger partial charge in [0.25, 0.3) is 0 Å². The fourth-order valence-corrected chi connectivity index (χ4v) is 17.6. The molecule has 4 N–H and O–H groups in total. The lowest BCUT2D eigenvalue weighted by Gasteiger charge is -2.41. The van der Waals surface area contributed by atoms with Crippen LogP contribution in [0.15, 0.2) is 48.5 Å². The van der Waals surface area contributed by atoms with Crippen molar-refractivity contribution in [3.63, 3.8) is 0 Å². The third-order valence-corrected chi connectivity index (χ3v) is 41.3. The van der Waals surface area contributed by atoms with Crippen LogP contribution in [0.4, 0.5) is 0 Å². The molecule has 0 spiro atoms. The fourth-order valence-electron chi connectivity index (χ4n) is 9.38. The zero-order valence-corrected chi connectivity index (χ0v) is 57.4. The van der Waals surface area contributed by atoms with E-state index in [0.717, 1.165) is 43.0 Å². The first-order valence-electron chi connectivity index (χ1n) is 27.8. The number of rotatable bonds is 8. The topological polar surface area (TPSA) is 80.9 Å². The minimum atomic E-state index is -2.54. The van der Waals surface area contributed by atoms with Crippen molar-refractivity contribution in [1.82, 2.24) is 0 Å². The number of benzene rings is 4. The Kier molecular flexibility index (Phi) is 16.4. The van der Waals surface area contributed by atoms with Crippen LogP contribution in [0.25, 0.3) is 11.1 Å². The van der Waals surface area contributed by atoms with E-state index < -0.39 is 32.3 Å². The van der Waals surface area contributed by atoms with Gasteiger partial charge < -0.3 is 20.4 Å². The summed E-state index contributed by atoms with van der Waals surface area (Å²) in [5, 5.41) is 58.5. The second-order valence-electron chi connectivity index (χ2n) is 32.9. The Morgan fingerprint density at radius 2 is 0.392 bits per heavy atom. The molecular weight excluding hydrogens is 969 g/mol. The van der Waals surface area contributed by atoms with Gasteiger partial charge in [-0.15, -0.1) is 0 Å². The van der Waals surface area contributed by atoms with Crippen molar-refractivity contribution in [2.75, 3.05) is 0 Å². The summed E-state index contributed by atoms with van der Waals surface area (Å²) in [5.74, 6) is 0.773. The second kappa shape index (κ2) is 19.3. The van der Waals surface area contributed by atoms with Gasteiger partial charge in [-0.3, -0.25) is 0 Å². The standard InChI is InChI=1S/C66H108O4Si4/c1-59(2,3)41-33-45(55(67)49(37-41)71(25,26)63(13,14)15)53(46-34-42(60(4,5)6)38-50(56(46)68)72(27,28)64(16,17)18)54(47-35-43(61(7,8)9)39-51(57(47)69)73(29,30)65(19,20)21)48-36-44(62(10,11)12)40-52(58(48)70)74(31,32)66(22,23)24/h33-40,67-70H,1-32H3. The number of hydrogen-bond acceptors (Lipinski definition) is 4. The predicted molar refractivity (Wildman–Crippen MR) is 340 cm³/mol. The van der Waals surface area contributed by atoms with Gasteiger partial charge in [-0.2, -0.15) is 0 Å². The van der Waals surface area contributed by atoms with E-state index in [-0.39, 0.29) is 64.8 Å². The molecule has 4 nitrogen and oxygen atoms in total. The molecular formula is C66H108O4Si4. The third-order valence-electron chi connectivity index (χ3n) is 19.4. The minimum absolute atomic E-state index is 0.149. The first-order chi connectivity index (χ1) is 32.5. The molecule has 0 amide bonds. The third kappa shape index (κ3) is 11.6. The lowest BCUT2D eigenvalue weighted by atomic mass is 9.77. The van der Waals surface area contributed by atoms with Crippen molar-refractivity contribution < 1.29 is 20.4 Å². The molecule has 0 aromatic heterocycles. The number of aromatic hydroxyl groups is 4. The van der Waals surface area contributed by atoms with Crippen molar-refractivity contribution in [2.45, 2.75) is 260 Å². The van der Waals surface area contributed by atoms with Crippen LogP contribution in [0.1, 0.15) is 211 Å². The maximum Gasteiger partial charge on any atom is 0.122 e. The van der Waals surface area contributed by atoms with Crippen molar-refractivity contribution in [3.05, 3.63) is 93.0 Å². The highest BCUT2D eigenvalue weighted by Crippen LogP contribution is 2.53. The molecule has 412 valence electrons. The Morgan fingerprint density at radius 3 is 0.500 bits per heavy atom. The normalized spacial score (nSPS) is 14.4. The highest BCUT2D eigenvalue weighted by molar-refractivity contribution is 6.94. The predicted octanol–water partition coefficient (Wildman–Crippen LogP) is 17.6. The van der Waals surface area contributed by atoms with E-state index in [0.29, 0.717) is 33.4 Å². The maximum absolute atomic E-state index is 13.8. The van der Waals surface area contributed by atoms with Gasteiger partial charge in [0.15, 0.2) is 0 Å². The molecule has 4 aromatic carbocycles. The lowest BCUT2D eigenvalue weighted by molar-refractivity contribution is 0.470. The SMILES string of the molecule is CC(C)(C)c1cc(C(=C(c2cc(C(C)(C)C)cc([Si](C)(C)C(C)(C)C)c2O)c2cc(C(C)(C)C)cc([Si](C)(C)C(C)(C)C)c2O)c2cc(C(C)(C)C)cc([Si](C)(C)C(C)(C)C)c2O)c(O)c([Si](C)(C)C(C)(C)C)c1. The van der Waals surface area contributed by atoms with Crippen molar-refractivity contribution >= 4 is 64.2 Å². The van der Waals surface area contributed by atoms with Crippen LogP contribution < -0.4 is 20.7 Å². The van der Waals surface area contributed by atoms with Gasteiger partial charge in [0, 0.05) is 33.4 Å². The average Bonchev–Trinajstić information content (AvgIpc) is 3.17. The van der Waals surface area contributed by atoms with E-state index >= 15 is 0 Å². The smallest absolute Gasteiger partial charge is 0.122 e. The van der Waals surface area contributed by atoms with Crippen LogP contribution in [0.3, 0.4) is 0 Å². The molecule has 0 saturated carbocycles. The van der Waals surface area contributed by atoms with Crippen LogP contribution in [0, 0.1) is 0 Å². The summed E-state index contributed by atoms with van der Waals surface area (Å²) in [5.41, 5.74) is 6.51. The zero-order chi connectivity index (χ0) is 58.0. The Balaban J connectivity index is 2.88. The Bertz CT molecular complexity index is 2430. The molecule has 0 fully saturated rings. The van der Waals surface area contributed by atoms with Crippen LogP contribution >= 0.6 is 0 Å². The molecule has 0 aliphatic heterocycles. The van der Waals surface area contributed by atoms with E-state index in [1.54, 1.807) is 0 Å². The largest absolute Gasteiger partial charge is 0.507 e. The van der Waals surface area contributed by atoms with Gasteiger partial charge >= 0.3 is 0 Å². The highest BCUT2D eigenvalue weighted by atomic mass is 28.3. The summed E-state index contributed by atoms with van der Waals surface area (Å²) in [6.07, 6.45) is 0. The highest BCUT2D eigenvalue weighted by Gasteiger charge is 2.46. The molecule has 8 heteroatoms. The summed E-state index contributed by atoms with van der Waals surface area (Å²) in [6.45, 7) is 73.4. The van der Waals surface area contributed by atoms with E-state index in [1.807, 2.05) is 0 Å². The van der Waals surface area contributed by atoms with Crippen molar-refractivity contribution in [3.8, 4) is 23.0 Å². The van der Waals surface area contributed by atoms with Gasteiger partial charge in [-0.1, -0.05) is 243 Å². The van der Waals surface area contributed by atoms with Crippen LogP contribution in [0.5, 0.6) is 23.0 Å². The first kappa shape index (κ1) is 63.2. The van der Waals surface area contributed by atoms with Crippen LogP contribution in [-0.2, 0) is 21.7 Å². The molecule has 0 saturated heterocycles. The maximum atomic E-state index is 13.8. The molecule has 0 aliphatic carbocycles. The van der Waals surface area contributed by atoms with Gasteiger partial charge in [-0.05, 0) is 109 Å². The summed E-state index contributed by atoms with van der Waals surface area (Å²) in [7, 11) is -10.2. The van der Waals surface area contributed by atoms with E-state index in [2.05, 4.69) is 267 Å². The summed E-state index contributed by atoms with van der Waals surface area (Å²) >= 11 is 0. The quantitative estimate of drug-likeness (QED) is 0.105. The molecule has 4 rings (SSSR count). The number of phenolic OH excluding ortho intramolecular Hbond substituents is 4. The summed E-state index contributed by atoms with van der Waals surface area (Å²) in [4.78, 5) is 0. The molecule has 0 aliphatic rings. The van der Waals surface area contributed by atoms with Gasteiger partial charge in [-0.25, -0.2) is 0 Å². The number of hydrogen-bond donors (Lipinski definition) is 4. The van der Waals surface area contributed by atoms with Crippen molar-refractivity contribution in [1.29, 1.82) is 0 Å². The lowest BCUT2D eigenvalue weighted by Crippen LogP contribution is -2.50. The van der Waals surface area contributed by atoms with Crippen LogP contribution in [0.2, 0.25) is 72.5 Å². The van der Waals surface area contributed by atoms with Gasteiger partial charge in [0.2, 0.25) is 0 Å². The zero-order valence-electron chi connectivity index (χ0n) is 53.4. The average molecular weight is 1080 g/mol. The molecule has 0 atom stereocenters. The minimum Gasteiger partial charge on any atom is -0.507 e.